The van der Waals surface area contributed by atoms with E-state index in [0.29, 0.717) is 109 Å². The van der Waals surface area contributed by atoms with Gasteiger partial charge in [0.05, 0.1) is 72.2 Å². The Labute approximate surface area is 705 Å². The van der Waals surface area contributed by atoms with E-state index in [0.717, 1.165) is 11.1 Å². The Balaban J connectivity index is 0.000000158. The molecule has 122 heavy (non-hydrogen) atoms. The molecule has 3 saturated heterocycles. The van der Waals surface area contributed by atoms with Crippen molar-refractivity contribution in [3.8, 4) is 56.7 Å². The predicted molar refractivity (Wildman–Crippen MR) is 466 cm³/mol. The molecule has 3 N–H and O–H groups in total. The average molecular weight is 1680 g/mol. The van der Waals surface area contributed by atoms with E-state index in [2.05, 4.69) is 59.6 Å². The van der Waals surface area contributed by atoms with Crippen LogP contribution in [-0.2, 0) is 14.4 Å². The first-order valence-electron chi connectivity index (χ1n) is 39.9. The van der Waals surface area contributed by atoms with Gasteiger partial charge in [-0.15, -0.1) is 0 Å². The number of phenolic OH excluding ortho intramolecular Hbond substituents is 1. The third-order valence-electron chi connectivity index (χ3n) is 22.0. The van der Waals surface area contributed by atoms with Gasteiger partial charge in [0.15, 0.2) is 22.8 Å². The van der Waals surface area contributed by atoms with E-state index in [1.807, 2.05) is 116 Å². The smallest absolute Gasteiger partial charge is 0.357 e. The van der Waals surface area contributed by atoms with Crippen molar-refractivity contribution >= 4 is 85.6 Å². The number of fused-ring (bicyclic) bond motifs is 3. The number of rotatable bonds is 15. The minimum absolute atomic E-state index is 0.0115. The zero-order valence-corrected chi connectivity index (χ0v) is 70.6. The van der Waals surface area contributed by atoms with Crippen LogP contribution in [0, 0.1) is 44.0 Å². The van der Waals surface area contributed by atoms with Gasteiger partial charge in [0.1, 0.15) is 52.2 Å². The maximum Gasteiger partial charge on any atom is 0.357 e. The number of hydrogen-bond donors (Lipinski definition) is 2. The number of benzene rings is 3. The summed E-state index contributed by atoms with van der Waals surface area (Å²) in [5, 5.41) is 12.1. The van der Waals surface area contributed by atoms with E-state index in [9.17, 15) is 38.3 Å². The molecule has 9 aromatic heterocycles. The highest BCUT2D eigenvalue weighted by Gasteiger charge is 2.38. The Morgan fingerprint density at radius 3 is 1.40 bits per heavy atom. The molecule has 0 saturated carbocycles. The number of pyridine rings is 5. The number of nitrogens with two attached hydrogens (primary N) is 1. The van der Waals surface area contributed by atoms with Crippen molar-refractivity contribution in [3.63, 3.8) is 0 Å². The summed E-state index contributed by atoms with van der Waals surface area (Å²) >= 11 is 6.81. The van der Waals surface area contributed by atoms with Gasteiger partial charge in [0.2, 0.25) is 17.7 Å². The van der Waals surface area contributed by atoms with Crippen molar-refractivity contribution in [3.05, 3.63) is 247 Å². The second-order valence-corrected chi connectivity index (χ2v) is 31.9. The number of aromatic hydroxyl groups is 1. The molecule has 12 heterocycles. The van der Waals surface area contributed by atoms with Crippen LogP contribution in [0.2, 0.25) is 5.02 Å². The van der Waals surface area contributed by atoms with E-state index < -0.39 is 40.3 Å². The molecule has 0 unspecified atom stereocenters. The van der Waals surface area contributed by atoms with Crippen LogP contribution in [-0.4, -0.2) is 178 Å². The van der Waals surface area contributed by atoms with Gasteiger partial charge in [0.25, 0.3) is 0 Å². The second-order valence-electron chi connectivity index (χ2n) is 31.4. The van der Waals surface area contributed by atoms with E-state index in [4.69, 9.17) is 27.3 Å². The van der Waals surface area contributed by atoms with Gasteiger partial charge in [-0.2, -0.15) is 15.0 Å². The number of aromatic nitrogens is 13. The quantitative estimate of drug-likeness (QED) is 0.0547. The van der Waals surface area contributed by atoms with E-state index in [1.165, 1.54) is 98.9 Å². The first-order chi connectivity index (χ1) is 58.2. The minimum Gasteiger partial charge on any atom is -0.507 e. The lowest BCUT2D eigenvalue weighted by Gasteiger charge is -2.45. The molecule has 4 atom stereocenters. The van der Waals surface area contributed by atoms with Crippen molar-refractivity contribution in [2.75, 3.05) is 72.8 Å². The molecule has 630 valence electrons. The molecule has 3 aliphatic rings. The predicted octanol–water partition coefficient (Wildman–Crippen LogP) is 13.8. The number of piperazine rings is 3. The molecular formula is C90H93ClF4N20O7. The molecule has 0 spiro atoms. The van der Waals surface area contributed by atoms with Crippen LogP contribution in [0.25, 0.3) is 84.1 Å². The summed E-state index contributed by atoms with van der Waals surface area (Å²) < 4.78 is 64.6. The van der Waals surface area contributed by atoms with Crippen molar-refractivity contribution in [2.24, 2.45) is 0 Å². The molecule has 3 aliphatic heterocycles. The second kappa shape index (κ2) is 35.5. The fourth-order valence-corrected chi connectivity index (χ4v) is 16.5. The number of nitrogen functional groups attached to an aromatic ring is 1. The maximum atomic E-state index is 15.6. The highest BCUT2D eigenvalue weighted by Crippen LogP contribution is 2.42. The summed E-state index contributed by atoms with van der Waals surface area (Å²) in [6.45, 7) is 39.1. The van der Waals surface area contributed by atoms with Crippen molar-refractivity contribution < 1.29 is 37.1 Å². The fourth-order valence-electron chi connectivity index (χ4n) is 16.2. The number of phenols is 1. The molecule has 27 nitrogen and oxygen atoms in total. The third kappa shape index (κ3) is 16.5. The van der Waals surface area contributed by atoms with Crippen LogP contribution < -0.4 is 37.5 Å². The Morgan fingerprint density at radius 2 is 0.893 bits per heavy atom. The minimum atomic E-state index is -0.766. The summed E-state index contributed by atoms with van der Waals surface area (Å²) in [4.78, 5) is 135. The van der Waals surface area contributed by atoms with Gasteiger partial charge in [0, 0.05) is 113 Å². The molecule has 15 rings (SSSR count). The topological polar surface area (TPSA) is 312 Å². The van der Waals surface area contributed by atoms with Gasteiger partial charge in [-0.05, 0) is 168 Å². The molecule has 12 aromatic rings. The number of halogens is 5. The number of anilines is 4. The van der Waals surface area contributed by atoms with Crippen LogP contribution in [0.5, 0.6) is 5.75 Å². The molecule has 3 fully saturated rings. The molecule has 0 aliphatic carbocycles. The number of hydrogen-bond acceptors (Lipinski definition) is 21. The number of carbonyl (C=O) groups excluding carboxylic acids is 3. The number of aryl methyl sites for hydroxylation is 3. The average Bonchev–Trinajstić information content (AvgIpc) is 0.725. The van der Waals surface area contributed by atoms with Crippen molar-refractivity contribution in [2.45, 2.75) is 132 Å². The molecule has 32 heteroatoms. The first-order valence-corrected chi connectivity index (χ1v) is 40.3. The van der Waals surface area contributed by atoms with Crippen molar-refractivity contribution in [1.29, 1.82) is 0 Å². The standard InChI is InChI=1S/C31H33ClFN7O2.C31H33FN6O3.C28H27F2N7O2/c1-7-24(41)38-14-18(5)39(19(6)15-38)30-20-13-21(32)27(25-22(33)9-8-10-23(25)34)36-29(20)40(31(42)37-30)28-17(4)11-12-35-26(28)16(2)3;1-7-24(40)36-13-14-37(20(6)16-36)29-21-15-19(5)27(25-22(32)9-8-10-23(25)39)34-30(21)38(31(41)35-29)28-18(4)11-12-33-26(28)17(2)3;1-5-22(38)35-12-13-36(17(4)15-35)25-19-14-21(30)24(18-8-6-7-9-20(18)29)33-26(19)37(28(39)34-25)27-23(16(2)3)31-10-11-32-27/h7-13,16,18-19H,1,14-15,34H2,2-6H3;7-12,15,17,20,39H,1,13-14,16H2,2-6H3;5-11,14,16-17H,1,12-13,15H2,2-4H3/t18-,19+;20-;17-/m.00/s1. The molecular weight excluding hydrogens is 1580 g/mol. The molecule has 0 radical (unpaired) electrons. The van der Waals surface area contributed by atoms with Gasteiger partial charge >= 0.3 is 17.1 Å². The van der Waals surface area contributed by atoms with E-state index in [-0.39, 0.29) is 144 Å². The monoisotopic (exact) mass is 1680 g/mol. The SMILES string of the molecule is C=CC(=O)N1CCN(c2nc(=O)n(-c3c(C)ccnc3C(C)C)c3nc(-c4c(O)cccc4F)c(C)cc23)[C@@H](C)C1.C=CC(=O)N1CCN(c2nc(=O)n(-c3nccnc3C(C)C)c3nc(-c4ccccc4F)c(F)cc23)[C@@H](C)C1.C=CC(=O)N1C[C@@H](C)N(c2nc(=O)n(-c3c(C)ccnc3C(C)C)c3nc(-c4c(N)cccc4F)c(Cl)cc23)[C@@H](C)C1. The van der Waals surface area contributed by atoms with Gasteiger partial charge in [-0.25, -0.2) is 65.6 Å². The summed E-state index contributed by atoms with van der Waals surface area (Å²) in [5.41, 5.74) is 10.5. The highest BCUT2D eigenvalue weighted by atomic mass is 35.5. The molecule has 3 aromatic carbocycles. The van der Waals surface area contributed by atoms with Gasteiger partial charge in [-0.1, -0.05) is 97.1 Å². The Hall–Kier alpha value is -13.5. The Kier molecular flexibility index (Phi) is 25.1. The highest BCUT2D eigenvalue weighted by molar-refractivity contribution is 6.34. The summed E-state index contributed by atoms with van der Waals surface area (Å²) in [6, 6.07) is 21.7. The lowest BCUT2D eigenvalue weighted by atomic mass is 10.0. The molecule has 3 amide bonds. The largest absolute Gasteiger partial charge is 0.507 e. The summed E-state index contributed by atoms with van der Waals surface area (Å²) in [5.74, 6) is -2.25. The van der Waals surface area contributed by atoms with Crippen LogP contribution in [0.4, 0.5) is 40.7 Å². The Morgan fingerprint density at radius 1 is 0.459 bits per heavy atom. The fraction of sp³-hybridized carbons (Fsp3) is 0.311. The van der Waals surface area contributed by atoms with E-state index >= 15 is 13.2 Å². The maximum absolute atomic E-state index is 15.6. The lowest BCUT2D eigenvalue weighted by Crippen LogP contribution is -2.58. The lowest BCUT2D eigenvalue weighted by molar-refractivity contribution is -0.127. The van der Waals surface area contributed by atoms with Crippen molar-refractivity contribution in [1.82, 2.24) is 78.2 Å². The Bertz CT molecular complexity index is 6340. The molecule has 0 bridgehead atoms. The van der Waals surface area contributed by atoms with Crippen LogP contribution in [0.3, 0.4) is 0 Å². The zero-order valence-electron chi connectivity index (χ0n) is 69.9. The van der Waals surface area contributed by atoms with E-state index in [1.54, 1.807) is 52.2 Å². The zero-order chi connectivity index (χ0) is 87.9. The number of carbonyl (C=O) groups is 3. The normalized spacial score (nSPS) is 16.2. The number of nitrogens with zero attached hydrogens (tertiary/aromatic N) is 19. The van der Waals surface area contributed by atoms with Crippen LogP contribution in [0.15, 0.2) is 168 Å². The summed E-state index contributed by atoms with van der Waals surface area (Å²) in [6.07, 6.45) is 10.2. The summed E-state index contributed by atoms with van der Waals surface area (Å²) in [7, 11) is 0. The number of amides is 3. The van der Waals surface area contributed by atoms with Gasteiger partial charge in [-0.3, -0.25) is 29.3 Å². The third-order valence-corrected chi connectivity index (χ3v) is 22.3. The van der Waals surface area contributed by atoms with Gasteiger partial charge < -0.3 is 40.2 Å². The first kappa shape index (κ1) is 86.4. The van der Waals surface area contributed by atoms with Crippen LogP contribution in [0.1, 0.15) is 121 Å². The van der Waals surface area contributed by atoms with Crippen LogP contribution >= 0.6 is 11.6 Å².